The summed E-state index contributed by atoms with van der Waals surface area (Å²) in [4.78, 5) is 12.7. The Balaban J connectivity index is 2.30. The summed E-state index contributed by atoms with van der Waals surface area (Å²) < 4.78 is 1.09. The van der Waals surface area contributed by atoms with Crippen molar-refractivity contribution in [2.75, 3.05) is 5.73 Å². The fourth-order valence-electron chi connectivity index (χ4n) is 1.81. The van der Waals surface area contributed by atoms with E-state index < -0.39 is 0 Å². The van der Waals surface area contributed by atoms with E-state index in [1.165, 1.54) is 0 Å². The Morgan fingerprint density at radius 3 is 2.94 bits per heavy atom. The number of nitrogen functional groups attached to an aromatic ring is 1. The van der Waals surface area contributed by atoms with Crippen LogP contribution in [0, 0.1) is 6.92 Å². The molecule has 0 spiro atoms. The first-order valence-corrected chi connectivity index (χ1v) is 6.04. The van der Waals surface area contributed by atoms with E-state index >= 15 is 0 Å². The second kappa shape index (κ2) is 3.78. The first-order valence-electron chi connectivity index (χ1n) is 5.16. The molecule has 0 unspecified atom stereocenters. The maximum Gasteiger partial charge on any atom is 0.123 e. The standard InChI is InChI=1S/C12H10N4S/c1-7-4-10(13)14-5-8(7)11-12-9(2-3-17-12)15-6-16-11/h2-6H,1H3,(H2,13,14). The maximum atomic E-state index is 5.66. The highest BCUT2D eigenvalue weighted by Crippen LogP contribution is 2.31. The highest BCUT2D eigenvalue weighted by atomic mass is 32.1. The van der Waals surface area contributed by atoms with E-state index in [-0.39, 0.29) is 0 Å². The van der Waals surface area contributed by atoms with Crippen LogP contribution in [0.2, 0.25) is 0 Å². The largest absolute Gasteiger partial charge is 0.384 e. The van der Waals surface area contributed by atoms with Gasteiger partial charge in [-0.3, -0.25) is 0 Å². The van der Waals surface area contributed by atoms with E-state index in [4.69, 9.17) is 5.73 Å². The van der Waals surface area contributed by atoms with Crippen LogP contribution in [0.1, 0.15) is 5.56 Å². The Bertz CT molecular complexity index is 690. The fourth-order valence-corrected chi connectivity index (χ4v) is 2.66. The molecule has 0 atom stereocenters. The van der Waals surface area contributed by atoms with E-state index in [1.807, 2.05) is 24.4 Å². The van der Waals surface area contributed by atoms with Gasteiger partial charge in [-0.2, -0.15) is 0 Å². The quantitative estimate of drug-likeness (QED) is 0.712. The minimum absolute atomic E-state index is 0.530. The van der Waals surface area contributed by atoms with Gasteiger partial charge in [0.15, 0.2) is 0 Å². The molecule has 0 fully saturated rings. The minimum Gasteiger partial charge on any atom is -0.384 e. The lowest BCUT2D eigenvalue weighted by Crippen LogP contribution is -1.94. The van der Waals surface area contributed by atoms with Crippen LogP contribution < -0.4 is 5.73 Å². The van der Waals surface area contributed by atoms with Crippen molar-refractivity contribution in [1.82, 2.24) is 15.0 Å². The maximum absolute atomic E-state index is 5.66. The summed E-state index contributed by atoms with van der Waals surface area (Å²) in [7, 11) is 0. The van der Waals surface area contributed by atoms with Crippen LogP contribution in [0.15, 0.2) is 30.0 Å². The van der Waals surface area contributed by atoms with Gasteiger partial charge in [-0.25, -0.2) is 15.0 Å². The number of hydrogen-bond acceptors (Lipinski definition) is 5. The van der Waals surface area contributed by atoms with Gasteiger partial charge >= 0.3 is 0 Å². The molecule has 0 saturated heterocycles. The van der Waals surface area contributed by atoms with Gasteiger partial charge < -0.3 is 5.73 Å². The third kappa shape index (κ3) is 1.64. The van der Waals surface area contributed by atoms with Crippen molar-refractivity contribution in [1.29, 1.82) is 0 Å². The van der Waals surface area contributed by atoms with E-state index in [9.17, 15) is 0 Å². The van der Waals surface area contributed by atoms with Crippen LogP contribution in [0.3, 0.4) is 0 Å². The summed E-state index contributed by atoms with van der Waals surface area (Å²) in [6, 6.07) is 3.85. The molecule has 0 amide bonds. The van der Waals surface area contributed by atoms with Crippen LogP contribution in [0.5, 0.6) is 0 Å². The molecule has 0 aliphatic carbocycles. The Morgan fingerprint density at radius 2 is 2.12 bits per heavy atom. The van der Waals surface area contributed by atoms with Crippen LogP contribution >= 0.6 is 11.3 Å². The zero-order valence-electron chi connectivity index (χ0n) is 9.21. The van der Waals surface area contributed by atoms with Gasteiger partial charge in [0, 0.05) is 11.8 Å². The van der Waals surface area contributed by atoms with Crippen molar-refractivity contribution in [3.05, 3.63) is 35.6 Å². The first-order chi connectivity index (χ1) is 8.25. The monoisotopic (exact) mass is 242 g/mol. The molecule has 2 N–H and O–H groups in total. The van der Waals surface area contributed by atoms with Gasteiger partial charge in [-0.15, -0.1) is 11.3 Å². The van der Waals surface area contributed by atoms with Crippen molar-refractivity contribution in [2.24, 2.45) is 0 Å². The van der Waals surface area contributed by atoms with Crippen molar-refractivity contribution >= 4 is 27.4 Å². The van der Waals surface area contributed by atoms with Gasteiger partial charge in [0.2, 0.25) is 0 Å². The number of nitrogens with zero attached hydrogens (tertiary/aromatic N) is 3. The molecule has 84 valence electrons. The van der Waals surface area contributed by atoms with E-state index in [0.717, 1.165) is 27.0 Å². The average Bonchev–Trinajstić information content (AvgIpc) is 2.77. The van der Waals surface area contributed by atoms with Gasteiger partial charge in [0.1, 0.15) is 12.1 Å². The smallest absolute Gasteiger partial charge is 0.123 e. The molecule has 4 nitrogen and oxygen atoms in total. The number of aryl methyl sites for hydroxylation is 1. The molecular formula is C12H10N4S. The number of thiophene rings is 1. The van der Waals surface area contributed by atoms with Crippen molar-refractivity contribution < 1.29 is 0 Å². The SMILES string of the molecule is Cc1cc(N)ncc1-c1ncnc2ccsc12. The van der Waals surface area contributed by atoms with Crippen molar-refractivity contribution in [3.63, 3.8) is 0 Å². The minimum atomic E-state index is 0.530. The molecule has 3 heterocycles. The van der Waals surface area contributed by atoms with Gasteiger partial charge in [-0.1, -0.05) is 0 Å². The third-order valence-corrected chi connectivity index (χ3v) is 3.54. The highest BCUT2D eigenvalue weighted by molar-refractivity contribution is 7.17. The molecule has 3 aromatic heterocycles. The number of nitrogens with two attached hydrogens (primary N) is 1. The molecule has 17 heavy (non-hydrogen) atoms. The van der Waals surface area contributed by atoms with Gasteiger partial charge in [-0.05, 0) is 30.0 Å². The second-order valence-electron chi connectivity index (χ2n) is 3.78. The summed E-state index contributed by atoms with van der Waals surface area (Å²) in [6.07, 6.45) is 3.35. The van der Waals surface area contributed by atoms with Crippen LogP contribution in [-0.4, -0.2) is 15.0 Å². The number of rotatable bonds is 1. The lowest BCUT2D eigenvalue weighted by atomic mass is 10.1. The Kier molecular flexibility index (Phi) is 2.26. The molecule has 3 rings (SSSR count). The normalized spacial score (nSPS) is 10.9. The zero-order chi connectivity index (χ0) is 11.8. The molecule has 0 bridgehead atoms. The molecular weight excluding hydrogens is 232 g/mol. The molecule has 3 aromatic rings. The molecule has 0 aliphatic rings. The van der Waals surface area contributed by atoms with Gasteiger partial charge in [0.25, 0.3) is 0 Å². The van der Waals surface area contributed by atoms with E-state index in [0.29, 0.717) is 5.82 Å². The fraction of sp³-hybridized carbons (Fsp3) is 0.0833. The predicted molar refractivity (Wildman–Crippen MR) is 69.8 cm³/mol. The number of pyridine rings is 1. The Labute approximate surface area is 102 Å². The van der Waals surface area contributed by atoms with Crippen LogP contribution in [0.25, 0.3) is 21.5 Å². The molecule has 0 saturated carbocycles. The lowest BCUT2D eigenvalue weighted by Gasteiger charge is -2.05. The van der Waals surface area contributed by atoms with Crippen molar-refractivity contribution in [3.8, 4) is 11.3 Å². The average molecular weight is 242 g/mol. The zero-order valence-corrected chi connectivity index (χ0v) is 10.0. The summed E-state index contributed by atoms with van der Waals surface area (Å²) in [6.45, 7) is 2.01. The number of hydrogen-bond donors (Lipinski definition) is 1. The van der Waals surface area contributed by atoms with Crippen LogP contribution in [-0.2, 0) is 0 Å². The summed E-state index contributed by atoms with van der Waals surface area (Å²) in [5, 5.41) is 2.02. The lowest BCUT2D eigenvalue weighted by molar-refractivity contribution is 1.21. The Hall–Kier alpha value is -2.01. The van der Waals surface area contributed by atoms with Crippen molar-refractivity contribution in [2.45, 2.75) is 6.92 Å². The number of anilines is 1. The first kappa shape index (κ1) is 10.2. The number of fused-ring (bicyclic) bond motifs is 1. The van der Waals surface area contributed by atoms with E-state index in [2.05, 4.69) is 15.0 Å². The summed E-state index contributed by atoms with van der Waals surface area (Å²) >= 11 is 1.64. The molecule has 0 aliphatic heterocycles. The van der Waals surface area contributed by atoms with E-state index in [1.54, 1.807) is 23.9 Å². The summed E-state index contributed by atoms with van der Waals surface area (Å²) in [5.74, 6) is 0.530. The topological polar surface area (TPSA) is 64.7 Å². The third-order valence-electron chi connectivity index (χ3n) is 2.63. The highest BCUT2D eigenvalue weighted by Gasteiger charge is 2.10. The molecule has 5 heteroatoms. The van der Waals surface area contributed by atoms with Gasteiger partial charge in [0.05, 0.1) is 15.9 Å². The predicted octanol–water partition coefficient (Wildman–Crippen LogP) is 2.64. The Morgan fingerprint density at radius 1 is 1.24 bits per heavy atom. The van der Waals surface area contributed by atoms with Crippen LogP contribution in [0.4, 0.5) is 5.82 Å². The second-order valence-corrected chi connectivity index (χ2v) is 4.70. The molecule has 0 aromatic carbocycles. The summed E-state index contributed by atoms with van der Waals surface area (Å²) in [5.41, 5.74) is 9.63. The molecule has 0 radical (unpaired) electrons. The number of aromatic nitrogens is 3.